The Morgan fingerprint density at radius 3 is 2.79 bits per heavy atom. The summed E-state index contributed by atoms with van der Waals surface area (Å²) in [5.41, 5.74) is 6.32. The van der Waals surface area contributed by atoms with Crippen LogP contribution in [0.15, 0.2) is 63.5 Å². The summed E-state index contributed by atoms with van der Waals surface area (Å²) in [5.74, 6) is 2.97. The van der Waals surface area contributed by atoms with Crippen molar-refractivity contribution in [2.75, 3.05) is 12.5 Å². The molecular weight excluding hydrogens is 452 g/mol. The number of aromatic nitrogens is 3. The molecule has 0 spiro atoms. The van der Waals surface area contributed by atoms with Crippen molar-refractivity contribution < 1.29 is 9.15 Å². The summed E-state index contributed by atoms with van der Waals surface area (Å²) < 4.78 is 14.7. The molecule has 0 radical (unpaired) electrons. The predicted octanol–water partition coefficient (Wildman–Crippen LogP) is 5.69. The molecule has 0 amide bonds. The lowest BCUT2D eigenvalue weighted by atomic mass is 10.1. The van der Waals surface area contributed by atoms with E-state index in [9.17, 15) is 0 Å². The van der Waals surface area contributed by atoms with E-state index in [1.807, 2.05) is 48.5 Å². The smallest absolute Gasteiger partial charge is 0.214 e. The van der Waals surface area contributed by atoms with Crippen molar-refractivity contribution in [2.24, 2.45) is 0 Å². The second kappa shape index (κ2) is 8.26. The molecule has 0 fully saturated rings. The molecule has 29 heavy (non-hydrogen) atoms. The minimum absolute atomic E-state index is 0.450. The number of aromatic amines is 1. The lowest BCUT2D eigenvalue weighted by molar-refractivity contribution is 0.416. The first kappa shape index (κ1) is 19.5. The summed E-state index contributed by atoms with van der Waals surface area (Å²) in [7, 11) is 1.63. The van der Waals surface area contributed by atoms with Crippen molar-refractivity contribution in [1.82, 2.24) is 14.9 Å². The molecule has 0 atom stereocenters. The maximum absolute atomic E-state index is 6.04. The third kappa shape index (κ3) is 3.99. The van der Waals surface area contributed by atoms with E-state index >= 15 is 0 Å². The fourth-order valence-corrected chi connectivity index (χ4v) is 3.80. The quantitative estimate of drug-likeness (QED) is 0.354. The topological polar surface area (TPSA) is 68.0 Å². The lowest BCUT2D eigenvalue weighted by Gasteiger charge is -2.11. The zero-order valence-electron chi connectivity index (χ0n) is 15.9. The van der Waals surface area contributed by atoms with Crippen LogP contribution in [-0.4, -0.2) is 22.0 Å². The number of hydrogen-bond donors (Lipinski definition) is 2. The van der Waals surface area contributed by atoms with E-state index in [0.717, 1.165) is 38.4 Å². The first-order valence-corrected chi connectivity index (χ1v) is 10.2. The summed E-state index contributed by atoms with van der Waals surface area (Å²) in [4.78, 5) is 0. The summed E-state index contributed by atoms with van der Waals surface area (Å²) in [6.45, 7) is 2.51. The van der Waals surface area contributed by atoms with Gasteiger partial charge in [0.05, 0.1) is 19.2 Å². The van der Waals surface area contributed by atoms with Crippen LogP contribution in [0.25, 0.3) is 22.7 Å². The number of rotatable bonds is 6. The highest BCUT2D eigenvalue weighted by Crippen LogP contribution is 2.29. The highest BCUT2D eigenvalue weighted by Gasteiger charge is 2.14. The van der Waals surface area contributed by atoms with Crippen molar-refractivity contribution in [3.8, 4) is 28.5 Å². The molecule has 2 aromatic heterocycles. The van der Waals surface area contributed by atoms with Crippen LogP contribution in [0, 0.1) is 11.7 Å². The van der Waals surface area contributed by atoms with Gasteiger partial charge in [0.2, 0.25) is 4.77 Å². The molecule has 4 rings (SSSR count). The van der Waals surface area contributed by atoms with E-state index in [2.05, 4.69) is 44.5 Å². The zero-order valence-corrected chi connectivity index (χ0v) is 18.3. The van der Waals surface area contributed by atoms with Gasteiger partial charge >= 0.3 is 0 Å². The number of nitrogens with one attached hydrogen (secondary N) is 2. The number of furan rings is 1. The Bertz CT molecular complexity index is 1210. The number of benzene rings is 2. The zero-order chi connectivity index (χ0) is 20.4. The molecule has 0 aliphatic carbocycles. The van der Waals surface area contributed by atoms with E-state index in [-0.39, 0.29) is 0 Å². The summed E-state index contributed by atoms with van der Waals surface area (Å²) >= 11 is 8.88. The minimum atomic E-state index is 0.450. The maximum Gasteiger partial charge on any atom is 0.214 e. The monoisotopic (exact) mass is 470 g/mol. The van der Waals surface area contributed by atoms with Crippen molar-refractivity contribution in [3.63, 3.8) is 0 Å². The van der Waals surface area contributed by atoms with Crippen molar-refractivity contribution in [1.29, 1.82) is 0 Å². The van der Waals surface area contributed by atoms with E-state index in [1.165, 1.54) is 0 Å². The van der Waals surface area contributed by atoms with Gasteiger partial charge in [-0.3, -0.25) is 0 Å². The Morgan fingerprint density at radius 2 is 2.00 bits per heavy atom. The van der Waals surface area contributed by atoms with Gasteiger partial charge in [-0.25, -0.2) is 9.77 Å². The first-order chi connectivity index (χ1) is 14.1. The summed E-state index contributed by atoms with van der Waals surface area (Å²) in [6.07, 6.45) is 0. The van der Waals surface area contributed by atoms with Crippen LogP contribution in [0.5, 0.6) is 5.75 Å². The third-order valence-electron chi connectivity index (χ3n) is 4.55. The molecular formula is C21H19BrN4O2S. The van der Waals surface area contributed by atoms with Crippen molar-refractivity contribution >= 4 is 28.1 Å². The number of methoxy groups -OCH3 is 1. The minimum Gasteiger partial charge on any atom is -0.496 e. The van der Waals surface area contributed by atoms with Gasteiger partial charge in [0.25, 0.3) is 0 Å². The Labute approximate surface area is 181 Å². The summed E-state index contributed by atoms with van der Waals surface area (Å²) in [6, 6.07) is 17.7. The summed E-state index contributed by atoms with van der Waals surface area (Å²) in [5, 5.41) is 7.18. The Balaban J connectivity index is 1.57. The molecule has 4 aromatic rings. The standard InChI is InChI=1S/C21H19BrN4O2S/c1-13-11-14(22)7-9-16(13)19-10-8-15(28-19)12-23-26-20(24-25-21(26)29)17-5-3-4-6-18(17)27-2/h3-11,23H,12H2,1-2H3,(H,25,29). The highest BCUT2D eigenvalue weighted by molar-refractivity contribution is 9.10. The third-order valence-corrected chi connectivity index (χ3v) is 5.31. The molecule has 0 aliphatic heterocycles. The van der Waals surface area contributed by atoms with Gasteiger partial charge in [-0.1, -0.05) is 28.1 Å². The fourth-order valence-electron chi connectivity index (χ4n) is 3.13. The van der Waals surface area contributed by atoms with E-state index in [4.69, 9.17) is 21.4 Å². The van der Waals surface area contributed by atoms with E-state index in [1.54, 1.807) is 11.8 Å². The van der Waals surface area contributed by atoms with Gasteiger partial charge < -0.3 is 14.6 Å². The first-order valence-electron chi connectivity index (χ1n) is 8.96. The van der Waals surface area contributed by atoms with Crippen LogP contribution in [-0.2, 0) is 6.54 Å². The van der Waals surface area contributed by atoms with Crippen molar-refractivity contribution in [3.05, 3.63) is 75.2 Å². The molecule has 2 N–H and O–H groups in total. The van der Waals surface area contributed by atoms with Crippen molar-refractivity contribution in [2.45, 2.75) is 13.5 Å². The van der Waals surface area contributed by atoms with Crippen LogP contribution in [0.3, 0.4) is 0 Å². The Hall–Kier alpha value is -2.84. The Morgan fingerprint density at radius 1 is 1.17 bits per heavy atom. The van der Waals surface area contributed by atoms with Gasteiger partial charge in [-0.15, -0.1) is 0 Å². The molecule has 6 nitrogen and oxygen atoms in total. The molecule has 0 bridgehead atoms. The number of para-hydroxylation sites is 1. The normalized spacial score (nSPS) is 10.9. The van der Waals surface area contributed by atoms with Crippen LogP contribution in [0.4, 0.5) is 0 Å². The highest BCUT2D eigenvalue weighted by atomic mass is 79.9. The number of halogens is 1. The van der Waals surface area contributed by atoms with Crippen LogP contribution < -0.4 is 10.2 Å². The number of nitrogens with zero attached hydrogens (tertiary/aromatic N) is 2. The van der Waals surface area contributed by atoms with Crippen LogP contribution in [0.1, 0.15) is 11.3 Å². The second-order valence-electron chi connectivity index (χ2n) is 6.45. The molecule has 2 aromatic carbocycles. The Kier molecular flexibility index (Phi) is 5.55. The van der Waals surface area contributed by atoms with Crippen LogP contribution >= 0.6 is 28.1 Å². The van der Waals surface area contributed by atoms with Gasteiger partial charge in [0.1, 0.15) is 17.3 Å². The second-order valence-corrected chi connectivity index (χ2v) is 7.75. The largest absolute Gasteiger partial charge is 0.496 e. The molecule has 0 saturated carbocycles. The molecule has 0 unspecified atom stereocenters. The van der Waals surface area contributed by atoms with E-state index in [0.29, 0.717) is 17.1 Å². The number of ether oxygens (including phenoxy) is 1. The van der Waals surface area contributed by atoms with E-state index < -0.39 is 0 Å². The molecule has 0 saturated heterocycles. The SMILES string of the molecule is COc1ccccc1-c1n[nH]c(=S)n1NCc1ccc(-c2ccc(Br)cc2C)o1. The predicted molar refractivity (Wildman–Crippen MR) is 119 cm³/mol. The fraction of sp³-hybridized carbons (Fsp3) is 0.143. The van der Waals surface area contributed by atoms with Gasteiger partial charge in [-0.05, 0) is 67.2 Å². The van der Waals surface area contributed by atoms with Gasteiger partial charge in [-0.2, -0.15) is 5.10 Å². The molecule has 0 aliphatic rings. The number of hydrogen-bond acceptors (Lipinski definition) is 5. The average Bonchev–Trinajstić information content (AvgIpc) is 3.33. The molecule has 2 heterocycles. The molecule has 148 valence electrons. The lowest BCUT2D eigenvalue weighted by Crippen LogP contribution is -2.15. The average molecular weight is 471 g/mol. The number of aryl methyl sites for hydroxylation is 1. The molecule has 8 heteroatoms. The number of H-pyrrole nitrogens is 1. The maximum atomic E-state index is 6.04. The van der Waals surface area contributed by atoms with Gasteiger partial charge in [0.15, 0.2) is 5.82 Å². The van der Waals surface area contributed by atoms with Gasteiger partial charge in [0, 0.05) is 10.0 Å². The van der Waals surface area contributed by atoms with Crippen LogP contribution in [0.2, 0.25) is 0 Å².